The lowest BCUT2D eigenvalue weighted by molar-refractivity contribution is -0.143. The van der Waals surface area contributed by atoms with Gasteiger partial charge in [-0.15, -0.1) is 0 Å². The average molecular weight is 280 g/mol. The number of rotatable bonds is 7. The normalized spacial score (nSPS) is 11.9. The molecule has 0 fully saturated rings. The first kappa shape index (κ1) is 15.8. The van der Waals surface area contributed by atoms with Gasteiger partial charge >= 0.3 is 5.97 Å². The molecule has 1 aromatic carbocycles. The quantitative estimate of drug-likeness (QED) is 0.568. The van der Waals surface area contributed by atoms with Gasteiger partial charge in [0.05, 0.1) is 6.61 Å². The summed E-state index contributed by atoms with van der Waals surface area (Å²) in [5, 5.41) is -0.509. The van der Waals surface area contributed by atoms with Gasteiger partial charge in [-0.1, -0.05) is 55.4 Å². The fourth-order valence-corrected chi connectivity index (χ4v) is 2.45. The Bertz CT molecular complexity index is 403. The highest BCUT2D eigenvalue weighted by Gasteiger charge is 2.23. The number of carbonyl (C=O) groups is 2. The van der Waals surface area contributed by atoms with Crippen molar-refractivity contribution in [1.29, 1.82) is 0 Å². The number of ether oxygens (including phenoxy) is 1. The highest BCUT2D eigenvalue weighted by atomic mass is 32.2. The van der Waals surface area contributed by atoms with Crippen molar-refractivity contribution in [2.75, 3.05) is 6.61 Å². The summed E-state index contributed by atoms with van der Waals surface area (Å²) >= 11 is 1.05. The summed E-state index contributed by atoms with van der Waals surface area (Å²) in [5.74, 6) is -0.294. The number of hydrogen-bond donors (Lipinski definition) is 0. The molecule has 1 aromatic rings. The van der Waals surface area contributed by atoms with Gasteiger partial charge < -0.3 is 4.74 Å². The van der Waals surface area contributed by atoms with Gasteiger partial charge in [-0.25, -0.2) is 0 Å². The third-order valence-corrected chi connectivity index (χ3v) is 3.55. The van der Waals surface area contributed by atoms with Crippen LogP contribution in [-0.4, -0.2) is 22.9 Å². The van der Waals surface area contributed by atoms with Crippen LogP contribution in [0.4, 0.5) is 0 Å². The van der Waals surface area contributed by atoms with Crippen molar-refractivity contribution >= 4 is 22.8 Å². The zero-order chi connectivity index (χ0) is 14.1. The van der Waals surface area contributed by atoms with Gasteiger partial charge in [0.2, 0.25) is 0 Å². The molecule has 0 bridgehead atoms. The van der Waals surface area contributed by atoms with Crippen LogP contribution in [0.2, 0.25) is 0 Å². The SMILES string of the molecule is CCCCOC(=O)[C@@H](Cc1ccccc1)SC(C)=O. The molecule has 0 N–H and O–H groups in total. The molecule has 1 rings (SSSR count). The van der Waals surface area contributed by atoms with E-state index in [0.717, 1.165) is 30.2 Å². The van der Waals surface area contributed by atoms with E-state index in [4.69, 9.17) is 4.74 Å². The van der Waals surface area contributed by atoms with E-state index in [1.54, 1.807) is 0 Å². The Morgan fingerprint density at radius 3 is 2.53 bits per heavy atom. The largest absolute Gasteiger partial charge is 0.465 e. The third kappa shape index (κ3) is 6.43. The standard InChI is InChI=1S/C15H20O3S/c1-3-4-10-18-15(17)14(19-12(2)16)11-13-8-6-5-7-9-13/h5-9,14H,3-4,10-11H2,1-2H3/t14-/m1/s1. The molecule has 104 valence electrons. The van der Waals surface area contributed by atoms with Gasteiger partial charge in [0, 0.05) is 6.92 Å². The molecule has 3 nitrogen and oxygen atoms in total. The molecule has 0 unspecified atom stereocenters. The molecule has 0 aliphatic carbocycles. The summed E-state index contributed by atoms with van der Waals surface area (Å²) in [4.78, 5) is 23.2. The van der Waals surface area contributed by atoms with Gasteiger partial charge in [-0.3, -0.25) is 9.59 Å². The van der Waals surface area contributed by atoms with Crippen molar-refractivity contribution in [2.45, 2.75) is 38.4 Å². The van der Waals surface area contributed by atoms with Gasteiger partial charge in [0.25, 0.3) is 0 Å². The topological polar surface area (TPSA) is 43.4 Å². The molecule has 0 aromatic heterocycles. The first-order valence-corrected chi connectivity index (χ1v) is 7.39. The van der Waals surface area contributed by atoms with Crippen LogP contribution in [0.25, 0.3) is 0 Å². The Hall–Kier alpha value is -1.29. The summed E-state index contributed by atoms with van der Waals surface area (Å²) in [6, 6.07) is 9.68. The zero-order valence-corrected chi connectivity index (χ0v) is 12.2. The fourth-order valence-electron chi connectivity index (χ4n) is 1.61. The first-order chi connectivity index (χ1) is 9.13. The summed E-state index contributed by atoms with van der Waals surface area (Å²) in [6.07, 6.45) is 2.36. The first-order valence-electron chi connectivity index (χ1n) is 6.51. The number of esters is 1. The fraction of sp³-hybridized carbons (Fsp3) is 0.467. The molecule has 4 heteroatoms. The lowest BCUT2D eigenvalue weighted by Crippen LogP contribution is -2.24. The zero-order valence-electron chi connectivity index (χ0n) is 11.4. The second-order valence-electron chi connectivity index (χ2n) is 4.31. The van der Waals surface area contributed by atoms with Gasteiger partial charge in [-0.2, -0.15) is 0 Å². The van der Waals surface area contributed by atoms with Gasteiger partial charge in [-0.05, 0) is 18.4 Å². The van der Waals surface area contributed by atoms with Crippen LogP contribution in [0.15, 0.2) is 30.3 Å². The van der Waals surface area contributed by atoms with Crippen molar-refractivity contribution in [3.05, 3.63) is 35.9 Å². The van der Waals surface area contributed by atoms with E-state index in [9.17, 15) is 9.59 Å². The second kappa shape index (κ2) is 8.75. The van der Waals surface area contributed by atoms with E-state index in [0.29, 0.717) is 13.0 Å². The van der Waals surface area contributed by atoms with Gasteiger partial charge in [0.1, 0.15) is 5.25 Å². The van der Waals surface area contributed by atoms with Crippen LogP contribution in [-0.2, 0) is 20.7 Å². The monoisotopic (exact) mass is 280 g/mol. The van der Waals surface area contributed by atoms with Crippen molar-refractivity contribution in [1.82, 2.24) is 0 Å². The molecule has 0 aliphatic heterocycles. The predicted octanol–water partition coefficient (Wildman–Crippen LogP) is 3.22. The van der Waals surface area contributed by atoms with E-state index >= 15 is 0 Å². The minimum absolute atomic E-state index is 0.0617. The van der Waals surface area contributed by atoms with Crippen LogP contribution in [0.3, 0.4) is 0 Å². The van der Waals surface area contributed by atoms with Gasteiger partial charge in [0.15, 0.2) is 5.12 Å². The van der Waals surface area contributed by atoms with Crippen LogP contribution >= 0.6 is 11.8 Å². The summed E-state index contributed by atoms with van der Waals surface area (Å²) in [5.41, 5.74) is 1.04. The molecule has 0 radical (unpaired) electrons. The van der Waals surface area contributed by atoms with Crippen LogP contribution in [0.5, 0.6) is 0 Å². The minimum atomic E-state index is -0.447. The third-order valence-electron chi connectivity index (χ3n) is 2.58. The number of carbonyl (C=O) groups excluding carboxylic acids is 2. The van der Waals surface area contributed by atoms with E-state index in [1.165, 1.54) is 6.92 Å². The van der Waals surface area contributed by atoms with E-state index < -0.39 is 5.25 Å². The lowest BCUT2D eigenvalue weighted by Gasteiger charge is -2.14. The molecule has 0 saturated heterocycles. The summed E-state index contributed by atoms with van der Waals surface area (Å²) in [6.45, 7) is 3.95. The Labute approximate surface area is 118 Å². The number of benzene rings is 1. The second-order valence-corrected chi connectivity index (χ2v) is 5.69. The average Bonchev–Trinajstić information content (AvgIpc) is 2.39. The lowest BCUT2D eigenvalue weighted by atomic mass is 10.1. The van der Waals surface area contributed by atoms with Crippen LogP contribution < -0.4 is 0 Å². The molecule has 0 heterocycles. The molecule has 1 atom stereocenters. The molecule has 0 aliphatic rings. The maximum absolute atomic E-state index is 12.0. The van der Waals surface area contributed by atoms with E-state index in [-0.39, 0.29) is 11.1 Å². The molecular formula is C15H20O3S. The van der Waals surface area contributed by atoms with Crippen LogP contribution in [0, 0.1) is 0 Å². The highest BCUT2D eigenvalue weighted by Crippen LogP contribution is 2.19. The van der Waals surface area contributed by atoms with E-state index in [2.05, 4.69) is 0 Å². The molecular weight excluding hydrogens is 260 g/mol. The molecule has 0 spiro atoms. The van der Waals surface area contributed by atoms with Crippen molar-refractivity contribution in [3.8, 4) is 0 Å². The molecule has 19 heavy (non-hydrogen) atoms. The van der Waals surface area contributed by atoms with E-state index in [1.807, 2.05) is 37.3 Å². The van der Waals surface area contributed by atoms with Crippen molar-refractivity contribution < 1.29 is 14.3 Å². The Morgan fingerprint density at radius 1 is 1.26 bits per heavy atom. The van der Waals surface area contributed by atoms with Crippen molar-refractivity contribution in [3.63, 3.8) is 0 Å². The number of thioether (sulfide) groups is 1. The Kier molecular flexibility index (Phi) is 7.26. The predicted molar refractivity (Wildman–Crippen MR) is 78.1 cm³/mol. The summed E-state index contributed by atoms with van der Waals surface area (Å²) in [7, 11) is 0. The number of hydrogen-bond acceptors (Lipinski definition) is 4. The minimum Gasteiger partial charge on any atom is -0.465 e. The van der Waals surface area contributed by atoms with Crippen molar-refractivity contribution in [2.24, 2.45) is 0 Å². The Morgan fingerprint density at radius 2 is 1.95 bits per heavy atom. The highest BCUT2D eigenvalue weighted by molar-refractivity contribution is 8.14. The Balaban J connectivity index is 2.60. The maximum Gasteiger partial charge on any atom is 0.319 e. The molecule has 0 saturated carbocycles. The molecule has 0 amide bonds. The smallest absolute Gasteiger partial charge is 0.319 e. The van der Waals surface area contributed by atoms with Crippen LogP contribution in [0.1, 0.15) is 32.3 Å². The maximum atomic E-state index is 12.0. The summed E-state index contributed by atoms with van der Waals surface area (Å²) < 4.78 is 5.21. The number of unbranched alkanes of at least 4 members (excludes halogenated alkanes) is 1.